The highest BCUT2D eigenvalue weighted by Gasteiger charge is 2.07. The van der Waals surface area contributed by atoms with E-state index in [0.29, 0.717) is 11.6 Å². The molecule has 0 bridgehead atoms. The lowest BCUT2D eigenvalue weighted by molar-refractivity contribution is -0.119. The monoisotopic (exact) mass is 322 g/mol. The molecule has 1 amide bonds. The first kappa shape index (κ1) is 16.0. The first-order chi connectivity index (χ1) is 11.7. The minimum atomic E-state index is -0.261. The molecular weight excluding hydrogens is 304 g/mol. The van der Waals surface area contributed by atoms with Crippen molar-refractivity contribution in [3.05, 3.63) is 60.3 Å². The Labute approximate surface area is 140 Å². The van der Waals surface area contributed by atoms with Gasteiger partial charge in [-0.2, -0.15) is 0 Å². The number of carbonyl (C=O) groups is 1. The van der Waals surface area contributed by atoms with Crippen LogP contribution in [-0.2, 0) is 9.53 Å². The third-order valence-electron chi connectivity index (χ3n) is 3.60. The highest BCUT2D eigenvalue weighted by atomic mass is 16.5. The molecule has 5 nitrogen and oxygen atoms in total. The molecule has 3 rings (SSSR count). The molecule has 0 fully saturated rings. The van der Waals surface area contributed by atoms with Gasteiger partial charge >= 0.3 is 0 Å². The molecule has 24 heavy (non-hydrogen) atoms. The lowest BCUT2D eigenvalue weighted by atomic mass is 10.0. The molecule has 0 aliphatic carbocycles. The fourth-order valence-corrected chi connectivity index (χ4v) is 2.49. The van der Waals surface area contributed by atoms with E-state index < -0.39 is 0 Å². The second kappa shape index (κ2) is 7.10. The first-order valence-corrected chi connectivity index (χ1v) is 7.58. The van der Waals surface area contributed by atoms with Crippen molar-refractivity contribution >= 4 is 22.5 Å². The average Bonchev–Trinajstić information content (AvgIpc) is 2.58. The lowest BCUT2D eigenvalue weighted by Gasteiger charge is -2.11. The Morgan fingerprint density at radius 2 is 1.92 bits per heavy atom. The Balaban J connectivity index is 1.87. The summed E-state index contributed by atoms with van der Waals surface area (Å²) >= 11 is 0. The predicted octanol–water partition coefficient (Wildman–Crippen LogP) is 3.92. The van der Waals surface area contributed by atoms with Gasteiger partial charge in [0.15, 0.2) is 0 Å². The van der Waals surface area contributed by atoms with Crippen molar-refractivity contribution in [3.63, 3.8) is 0 Å². The zero-order valence-electron chi connectivity index (χ0n) is 13.6. The Kier molecular flexibility index (Phi) is 4.72. The van der Waals surface area contributed by atoms with Crippen LogP contribution in [0.2, 0.25) is 0 Å². The van der Waals surface area contributed by atoms with Crippen molar-refractivity contribution in [1.29, 1.82) is 0 Å². The Bertz CT molecular complexity index is 877. The Hall–Kier alpha value is -2.92. The molecule has 3 aromatic rings. The van der Waals surface area contributed by atoms with Crippen LogP contribution in [0.4, 0.5) is 5.82 Å². The number of benzene rings is 2. The van der Waals surface area contributed by atoms with E-state index in [-0.39, 0.29) is 12.5 Å². The highest BCUT2D eigenvalue weighted by Crippen LogP contribution is 2.32. The molecule has 1 aromatic heterocycles. The maximum atomic E-state index is 11.6. The van der Waals surface area contributed by atoms with E-state index in [0.717, 1.165) is 16.5 Å². The van der Waals surface area contributed by atoms with Crippen molar-refractivity contribution in [2.75, 3.05) is 19.0 Å². The number of methoxy groups -OCH3 is 1. The van der Waals surface area contributed by atoms with E-state index in [2.05, 4.69) is 23.3 Å². The number of amides is 1. The van der Waals surface area contributed by atoms with Gasteiger partial charge in [0.05, 0.1) is 0 Å². The number of aryl methyl sites for hydroxylation is 1. The molecule has 0 saturated heterocycles. The van der Waals surface area contributed by atoms with E-state index in [1.807, 2.05) is 30.3 Å². The third-order valence-corrected chi connectivity index (χ3v) is 3.60. The molecule has 0 unspecified atom stereocenters. The third kappa shape index (κ3) is 3.52. The van der Waals surface area contributed by atoms with Crippen LogP contribution in [0.1, 0.15) is 5.56 Å². The standard InChI is InChI=1S/C19H18N2O3/c1-13-7-8-17(16-6-4-3-5-15(13)16)24-14-9-10-20-18(11-14)21-19(22)12-23-2/h3-11H,12H2,1-2H3,(H,20,21,22). The van der Waals surface area contributed by atoms with Crippen LogP contribution < -0.4 is 10.1 Å². The zero-order chi connectivity index (χ0) is 16.9. The second-order valence-corrected chi connectivity index (χ2v) is 5.39. The average molecular weight is 322 g/mol. The van der Waals surface area contributed by atoms with Gasteiger partial charge in [-0.1, -0.05) is 30.3 Å². The van der Waals surface area contributed by atoms with Crippen LogP contribution in [0.3, 0.4) is 0 Å². The Morgan fingerprint density at radius 3 is 2.71 bits per heavy atom. The summed E-state index contributed by atoms with van der Waals surface area (Å²) in [5, 5.41) is 4.85. The molecule has 122 valence electrons. The summed E-state index contributed by atoms with van der Waals surface area (Å²) in [6, 6.07) is 15.5. The number of aromatic nitrogens is 1. The van der Waals surface area contributed by atoms with Crippen molar-refractivity contribution < 1.29 is 14.3 Å². The minimum absolute atomic E-state index is 0.0185. The van der Waals surface area contributed by atoms with Gasteiger partial charge in [-0.05, 0) is 30.0 Å². The highest BCUT2D eigenvalue weighted by molar-refractivity contribution is 5.92. The number of anilines is 1. The summed E-state index contributed by atoms with van der Waals surface area (Å²) in [5.41, 5.74) is 1.19. The zero-order valence-corrected chi connectivity index (χ0v) is 13.6. The van der Waals surface area contributed by atoms with Crippen LogP contribution in [0.25, 0.3) is 10.8 Å². The second-order valence-electron chi connectivity index (χ2n) is 5.39. The summed E-state index contributed by atoms with van der Waals surface area (Å²) in [6.07, 6.45) is 1.59. The molecule has 0 aliphatic rings. The number of hydrogen-bond donors (Lipinski definition) is 1. The van der Waals surface area contributed by atoms with Gasteiger partial charge in [0.1, 0.15) is 23.9 Å². The van der Waals surface area contributed by atoms with E-state index in [9.17, 15) is 4.79 Å². The number of hydrogen-bond acceptors (Lipinski definition) is 4. The number of carbonyl (C=O) groups excluding carboxylic acids is 1. The van der Waals surface area contributed by atoms with Gasteiger partial charge in [0.25, 0.3) is 5.91 Å². The number of nitrogens with one attached hydrogen (secondary N) is 1. The fourth-order valence-electron chi connectivity index (χ4n) is 2.49. The summed E-state index contributed by atoms with van der Waals surface area (Å²) in [7, 11) is 1.47. The van der Waals surface area contributed by atoms with Crippen LogP contribution in [0.5, 0.6) is 11.5 Å². The predicted molar refractivity (Wildman–Crippen MR) is 93.5 cm³/mol. The fraction of sp³-hybridized carbons (Fsp3) is 0.158. The molecular formula is C19H18N2O3. The van der Waals surface area contributed by atoms with Crippen molar-refractivity contribution in [2.45, 2.75) is 6.92 Å². The van der Waals surface area contributed by atoms with Crippen molar-refractivity contribution in [2.24, 2.45) is 0 Å². The molecule has 5 heteroatoms. The first-order valence-electron chi connectivity index (χ1n) is 7.58. The molecule has 1 heterocycles. The van der Waals surface area contributed by atoms with Crippen molar-refractivity contribution in [3.8, 4) is 11.5 Å². The number of pyridine rings is 1. The summed E-state index contributed by atoms with van der Waals surface area (Å²) < 4.78 is 10.8. The summed E-state index contributed by atoms with van der Waals surface area (Å²) in [5.74, 6) is 1.53. The van der Waals surface area contributed by atoms with Crippen LogP contribution >= 0.6 is 0 Å². The van der Waals surface area contributed by atoms with Crippen LogP contribution in [0.15, 0.2) is 54.7 Å². The lowest BCUT2D eigenvalue weighted by Crippen LogP contribution is -2.17. The number of fused-ring (bicyclic) bond motifs is 1. The molecule has 2 aromatic carbocycles. The maximum Gasteiger partial charge on any atom is 0.251 e. The van der Waals surface area contributed by atoms with E-state index in [1.54, 1.807) is 18.3 Å². The van der Waals surface area contributed by atoms with E-state index >= 15 is 0 Å². The van der Waals surface area contributed by atoms with E-state index in [4.69, 9.17) is 9.47 Å². The van der Waals surface area contributed by atoms with Crippen molar-refractivity contribution in [1.82, 2.24) is 4.98 Å². The normalized spacial score (nSPS) is 10.6. The molecule has 0 atom stereocenters. The smallest absolute Gasteiger partial charge is 0.251 e. The maximum absolute atomic E-state index is 11.6. The van der Waals surface area contributed by atoms with Gasteiger partial charge in [-0.15, -0.1) is 0 Å². The van der Waals surface area contributed by atoms with Gasteiger partial charge < -0.3 is 14.8 Å². The summed E-state index contributed by atoms with van der Waals surface area (Å²) in [6.45, 7) is 2.05. The molecule has 0 saturated carbocycles. The molecule has 0 radical (unpaired) electrons. The van der Waals surface area contributed by atoms with Gasteiger partial charge in [-0.3, -0.25) is 4.79 Å². The number of ether oxygens (including phenoxy) is 2. The summed E-state index contributed by atoms with van der Waals surface area (Å²) in [4.78, 5) is 15.7. The quantitative estimate of drug-likeness (QED) is 0.773. The van der Waals surface area contributed by atoms with Crippen LogP contribution in [0, 0.1) is 6.92 Å². The topological polar surface area (TPSA) is 60.5 Å². The Morgan fingerprint density at radius 1 is 1.12 bits per heavy atom. The minimum Gasteiger partial charge on any atom is -0.457 e. The van der Waals surface area contributed by atoms with Gasteiger partial charge in [-0.25, -0.2) is 4.98 Å². The largest absolute Gasteiger partial charge is 0.457 e. The van der Waals surface area contributed by atoms with Gasteiger partial charge in [0, 0.05) is 24.8 Å². The molecule has 1 N–H and O–H groups in total. The van der Waals surface area contributed by atoms with Crippen LogP contribution in [-0.4, -0.2) is 24.6 Å². The SMILES string of the molecule is COCC(=O)Nc1cc(Oc2ccc(C)c3ccccc23)ccn1. The molecule has 0 aliphatic heterocycles. The van der Waals surface area contributed by atoms with Gasteiger partial charge in [0.2, 0.25) is 0 Å². The molecule has 0 spiro atoms. The number of nitrogens with zero attached hydrogens (tertiary/aromatic N) is 1. The number of rotatable bonds is 5. The van der Waals surface area contributed by atoms with E-state index in [1.165, 1.54) is 12.7 Å².